The van der Waals surface area contributed by atoms with Crippen molar-refractivity contribution in [2.45, 2.75) is 32.4 Å². The molecule has 28 heavy (non-hydrogen) atoms. The van der Waals surface area contributed by atoms with Gasteiger partial charge >= 0.3 is 0 Å². The molecular weight excluding hydrogens is 372 g/mol. The van der Waals surface area contributed by atoms with Gasteiger partial charge in [-0.1, -0.05) is 36.4 Å². The minimum Gasteiger partial charge on any atom is -0.418 e. The van der Waals surface area contributed by atoms with Gasteiger partial charge in [0.05, 0.1) is 10.9 Å². The fourth-order valence-electron chi connectivity index (χ4n) is 3.54. The third-order valence-electron chi connectivity index (χ3n) is 5.29. The van der Waals surface area contributed by atoms with Crippen molar-refractivity contribution in [2.75, 3.05) is 13.1 Å². The van der Waals surface area contributed by atoms with E-state index in [4.69, 9.17) is 4.42 Å². The van der Waals surface area contributed by atoms with Crippen LogP contribution in [0.2, 0.25) is 0 Å². The Morgan fingerprint density at radius 2 is 2.00 bits per heavy atom. The number of rotatable bonds is 6. The van der Waals surface area contributed by atoms with Crippen molar-refractivity contribution in [3.05, 3.63) is 59.3 Å². The van der Waals surface area contributed by atoms with Crippen LogP contribution in [0.15, 0.2) is 52.3 Å². The number of piperidine rings is 1. The van der Waals surface area contributed by atoms with Crippen LogP contribution in [0.1, 0.15) is 37.3 Å². The zero-order chi connectivity index (χ0) is 19.3. The minimum atomic E-state index is 0.0505. The molecule has 3 aromatic rings. The number of hydrogen-bond acceptors (Lipinski definition) is 6. The Bertz CT molecular complexity index is 886. The van der Waals surface area contributed by atoms with E-state index in [0.717, 1.165) is 36.4 Å². The maximum Gasteiger partial charge on any atom is 0.257 e. The average molecular weight is 397 g/mol. The monoisotopic (exact) mass is 396 g/mol. The quantitative estimate of drug-likeness (QED) is 0.684. The summed E-state index contributed by atoms with van der Waals surface area (Å²) in [5.74, 6) is 1.42. The molecule has 0 saturated carbocycles. The van der Waals surface area contributed by atoms with Crippen LogP contribution in [-0.2, 0) is 11.3 Å². The summed E-state index contributed by atoms with van der Waals surface area (Å²) in [7, 11) is 0. The van der Waals surface area contributed by atoms with Gasteiger partial charge in [0, 0.05) is 12.5 Å². The van der Waals surface area contributed by atoms with Crippen molar-refractivity contribution < 1.29 is 9.21 Å². The van der Waals surface area contributed by atoms with Crippen molar-refractivity contribution in [3.8, 4) is 10.8 Å². The molecule has 0 radical (unpaired) electrons. The Morgan fingerprint density at radius 1 is 1.21 bits per heavy atom. The third kappa shape index (κ3) is 4.31. The van der Waals surface area contributed by atoms with Gasteiger partial charge in [-0.15, -0.1) is 21.5 Å². The molecule has 1 N–H and O–H groups in total. The zero-order valence-corrected chi connectivity index (χ0v) is 16.7. The van der Waals surface area contributed by atoms with Crippen molar-refractivity contribution in [3.63, 3.8) is 0 Å². The predicted octanol–water partition coefficient (Wildman–Crippen LogP) is 3.89. The van der Waals surface area contributed by atoms with Gasteiger partial charge < -0.3 is 9.73 Å². The summed E-state index contributed by atoms with van der Waals surface area (Å²) < 4.78 is 5.87. The molecule has 146 valence electrons. The van der Waals surface area contributed by atoms with Gasteiger partial charge in [0.15, 0.2) is 0 Å². The second-order valence-electron chi connectivity index (χ2n) is 7.11. The Labute approximate surface area is 168 Å². The van der Waals surface area contributed by atoms with Crippen molar-refractivity contribution in [1.82, 2.24) is 20.4 Å². The summed E-state index contributed by atoms with van der Waals surface area (Å²) in [5, 5.41) is 13.5. The molecule has 1 saturated heterocycles. The van der Waals surface area contributed by atoms with Gasteiger partial charge in [-0.3, -0.25) is 9.69 Å². The van der Waals surface area contributed by atoms with E-state index in [2.05, 4.69) is 27.3 Å². The SMILES string of the molecule is CC(c1nnc(-c2cccs2)o1)N1CCC(C(=O)NCc2ccccc2)CC1. The number of thiophene rings is 1. The number of nitrogens with one attached hydrogen (secondary N) is 1. The van der Waals surface area contributed by atoms with Crippen LogP contribution < -0.4 is 5.32 Å². The van der Waals surface area contributed by atoms with Crippen LogP contribution in [0.4, 0.5) is 0 Å². The first-order valence-corrected chi connectivity index (χ1v) is 10.5. The van der Waals surface area contributed by atoms with Gasteiger partial charge in [0.25, 0.3) is 5.89 Å². The lowest BCUT2D eigenvalue weighted by atomic mass is 9.95. The van der Waals surface area contributed by atoms with Crippen LogP contribution in [-0.4, -0.2) is 34.1 Å². The van der Waals surface area contributed by atoms with Crippen molar-refractivity contribution in [1.29, 1.82) is 0 Å². The summed E-state index contributed by atoms with van der Waals surface area (Å²) in [5.41, 5.74) is 1.12. The molecule has 0 bridgehead atoms. The van der Waals surface area contributed by atoms with Gasteiger partial charge in [0.2, 0.25) is 11.8 Å². The van der Waals surface area contributed by atoms with E-state index in [1.165, 1.54) is 0 Å². The summed E-state index contributed by atoms with van der Waals surface area (Å²) in [6.07, 6.45) is 1.69. The van der Waals surface area contributed by atoms with Crippen molar-refractivity contribution in [2.24, 2.45) is 5.92 Å². The summed E-state index contributed by atoms with van der Waals surface area (Å²) in [6, 6.07) is 14.0. The molecule has 1 aliphatic rings. The van der Waals surface area contributed by atoms with Crippen LogP contribution in [0.25, 0.3) is 10.8 Å². The number of likely N-dealkylation sites (tertiary alicyclic amines) is 1. The van der Waals surface area contributed by atoms with Gasteiger partial charge in [0.1, 0.15) is 0 Å². The number of nitrogens with zero attached hydrogens (tertiary/aromatic N) is 3. The molecule has 3 heterocycles. The number of amides is 1. The maximum absolute atomic E-state index is 12.5. The molecule has 6 nitrogen and oxygen atoms in total. The maximum atomic E-state index is 12.5. The van der Waals surface area contributed by atoms with E-state index in [1.807, 2.05) is 47.8 Å². The number of aromatic nitrogens is 2. The first kappa shape index (κ1) is 18.8. The summed E-state index contributed by atoms with van der Waals surface area (Å²) in [4.78, 5) is 15.8. The van der Waals surface area contributed by atoms with Crippen LogP contribution in [0.3, 0.4) is 0 Å². The number of carbonyl (C=O) groups is 1. The molecule has 1 aliphatic heterocycles. The Morgan fingerprint density at radius 3 is 2.71 bits per heavy atom. The van der Waals surface area contributed by atoms with Gasteiger partial charge in [-0.2, -0.15) is 0 Å². The smallest absolute Gasteiger partial charge is 0.257 e. The van der Waals surface area contributed by atoms with E-state index in [0.29, 0.717) is 18.3 Å². The van der Waals surface area contributed by atoms with E-state index < -0.39 is 0 Å². The molecule has 1 fully saturated rings. The molecule has 1 amide bonds. The second-order valence-corrected chi connectivity index (χ2v) is 8.06. The molecular formula is C21H24N4O2S. The fraction of sp³-hybridized carbons (Fsp3) is 0.381. The highest BCUT2D eigenvalue weighted by molar-refractivity contribution is 7.13. The molecule has 0 aliphatic carbocycles. The summed E-state index contributed by atoms with van der Waals surface area (Å²) in [6.45, 7) is 4.37. The minimum absolute atomic E-state index is 0.0505. The topological polar surface area (TPSA) is 71.3 Å². The van der Waals surface area contributed by atoms with Crippen molar-refractivity contribution >= 4 is 17.2 Å². The number of carbonyl (C=O) groups excluding carboxylic acids is 1. The molecule has 4 rings (SSSR count). The highest BCUT2D eigenvalue weighted by Crippen LogP contribution is 2.29. The third-order valence-corrected chi connectivity index (χ3v) is 6.15. The lowest BCUT2D eigenvalue weighted by molar-refractivity contribution is -0.126. The van der Waals surface area contributed by atoms with Crippen LogP contribution in [0.5, 0.6) is 0 Å². The summed E-state index contributed by atoms with van der Waals surface area (Å²) >= 11 is 1.59. The van der Waals surface area contributed by atoms with Crippen LogP contribution >= 0.6 is 11.3 Å². The number of hydrogen-bond donors (Lipinski definition) is 1. The largest absolute Gasteiger partial charge is 0.418 e. The zero-order valence-electron chi connectivity index (χ0n) is 15.9. The molecule has 1 unspecified atom stereocenters. The molecule has 7 heteroatoms. The van der Waals surface area contributed by atoms with E-state index >= 15 is 0 Å². The molecule has 1 aromatic carbocycles. The lowest BCUT2D eigenvalue weighted by Gasteiger charge is -2.34. The molecule has 2 aromatic heterocycles. The van der Waals surface area contributed by atoms with Crippen LogP contribution in [0, 0.1) is 5.92 Å². The second kappa shape index (κ2) is 8.67. The van der Waals surface area contributed by atoms with E-state index in [1.54, 1.807) is 11.3 Å². The van der Waals surface area contributed by atoms with E-state index in [9.17, 15) is 4.79 Å². The molecule has 0 spiro atoms. The predicted molar refractivity (Wildman–Crippen MR) is 109 cm³/mol. The Hall–Kier alpha value is -2.51. The lowest BCUT2D eigenvalue weighted by Crippen LogP contribution is -2.41. The standard InChI is InChI=1S/C21H24N4O2S/c1-15(20-23-24-21(27-20)18-8-5-13-28-18)25-11-9-17(10-12-25)19(26)22-14-16-6-3-2-4-7-16/h2-8,13,15,17H,9-12,14H2,1H3,(H,22,26). The Balaban J connectivity index is 1.28. The average Bonchev–Trinajstić information content (AvgIpc) is 3.44. The fourth-order valence-corrected chi connectivity index (χ4v) is 4.18. The highest BCUT2D eigenvalue weighted by Gasteiger charge is 2.29. The first-order chi connectivity index (χ1) is 13.7. The van der Waals surface area contributed by atoms with E-state index in [-0.39, 0.29) is 17.9 Å². The first-order valence-electron chi connectivity index (χ1n) is 9.63. The Kier molecular flexibility index (Phi) is 5.83. The van der Waals surface area contributed by atoms with Gasteiger partial charge in [-0.05, 0) is 49.9 Å². The number of benzene rings is 1. The van der Waals surface area contributed by atoms with Gasteiger partial charge in [-0.25, -0.2) is 0 Å². The normalized spacial score (nSPS) is 16.8. The molecule has 1 atom stereocenters. The highest BCUT2D eigenvalue weighted by atomic mass is 32.1.